The van der Waals surface area contributed by atoms with Gasteiger partial charge in [-0.1, -0.05) is 31.0 Å². The Morgan fingerprint density at radius 1 is 1.00 bits per heavy atom. The molecular formula is C20H25N3O2S. The molecule has 1 unspecified atom stereocenters. The zero-order chi connectivity index (χ0) is 18.2. The predicted octanol–water partition coefficient (Wildman–Crippen LogP) is 3.42. The lowest BCUT2D eigenvalue weighted by Gasteiger charge is -2.30. The van der Waals surface area contributed by atoms with E-state index in [4.69, 9.17) is 0 Å². The number of carbonyl (C=O) groups excluding carboxylic acids is 2. The fraction of sp³-hybridized carbons (Fsp3) is 0.400. The molecule has 26 heavy (non-hydrogen) atoms. The highest BCUT2D eigenvalue weighted by atomic mass is 32.1. The van der Waals surface area contributed by atoms with Crippen LogP contribution < -0.4 is 10.6 Å². The summed E-state index contributed by atoms with van der Waals surface area (Å²) < 4.78 is 0. The lowest BCUT2D eigenvalue weighted by Crippen LogP contribution is -2.42. The molecule has 2 aromatic rings. The first-order chi connectivity index (χ1) is 12.7. The zero-order valence-electron chi connectivity index (χ0n) is 14.8. The Morgan fingerprint density at radius 2 is 1.73 bits per heavy atom. The van der Waals surface area contributed by atoms with E-state index in [0.29, 0.717) is 12.2 Å². The van der Waals surface area contributed by atoms with Crippen molar-refractivity contribution in [3.8, 4) is 0 Å². The molecule has 1 fully saturated rings. The quantitative estimate of drug-likeness (QED) is 0.792. The van der Waals surface area contributed by atoms with Crippen LogP contribution in [0.4, 0.5) is 5.69 Å². The van der Waals surface area contributed by atoms with Crippen LogP contribution in [-0.4, -0.2) is 36.3 Å². The van der Waals surface area contributed by atoms with Crippen molar-refractivity contribution < 1.29 is 9.59 Å². The maximum atomic E-state index is 12.2. The highest BCUT2D eigenvalue weighted by Crippen LogP contribution is 2.25. The van der Waals surface area contributed by atoms with Crippen LogP contribution in [0.2, 0.25) is 0 Å². The number of rotatable bonds is 5. The van der Waals surface area contributed by atoms with Crippen LogP contribution in [0.25, 0.3) is 0 Å². The summed E-state index contributed by atoms with van der Waals surface area (Å²) in [5.41, 5.74) is 1.83. The number of hydrogen-bond donors (Lipinski definition) is 2. The number of carbonyl (C=O) groups is 2. The van der Waals surface area contributed by atoms with Gasteiger partial charge >= 0.3 is 11.8 Å². The number of nitrogens with one attached hydrogen (secondary N) is 2. The smallest absolute Gasteiger partial charge is 0.313 e. The molecule has 1 aromatic carbocycles. The molecule has 1 aliphatic heterocycles. The van der Waals surface area contributed by atoms with Crippen molar-refractivity contribution in [2.24, 2.45) is 0 Å². The van der Waals surface area contributed by atoms with Crippen molar-refractivity contribution in [3.63, 3.8) is 0 Å². The Kier molecular flexibility index (Phi) is 6.80. The number of benzene rings is 1. The van der Waals surface area contributed by atoms with Gasteiger partial charge in [-0.15, -0.1) is 0 Å². The molecule has 138 valence electrons. The molecule has 0 spiro atoms. The van der Waals surface area contributed by atoms with Crippen molar-refractivity contribution in [2.45, 2.75) is 31.7 Å². The Labute approximate surface area is 158 Å². The summed E-state index contributed by atoms with van der Waals surface area (Å²) in [5.74, 6) is -1.22. The minimum Gasteiger partial charge on any atom is -0.346 e. The molecule has 2 N–H and O–H groups in total. The van der Waals surface area contributed by atoms with Crippen molar-refractivity contribution in [3.05, 3.63) is 52.7 Å². The average Bonchev–Trinajstić information content (AvgIpc) is 3.05. The summed E-state index contributed by atoms with van der Waals surface area (Å²) in [4.78, 5) is 26.8. The van der Waals surface area contributed by atoms with Gasteiger partial charge in [-0.3, -0.25) is 14.5 Å². The summed E-state index contributed by atoms with van der Waals surface area (Å²) >= 11 is 1.66. The minimum atomic E-state index is -0.629. The molecule has 0 saturated carbocycles. The number of hydrogen-bond acceptors (Lipinski definition) is 4. The number of thiophene rings is 1. The Hall–Kier alpha value is -2.18. The van der Waals surface area contributed by atoms with Gasteiger partial charge in [-0.25, -0.2) is 0 Å². The molecule has 1 aliphatic rings. The first kappa shape index (κ1) is 18.6. The third-order valence-electron chi connectivity index (χ3n) is 4.70. The van der Waals surface area contributed by atoms with Crippen LogP contribution in [0.1, 0.15) is 37.3 Å². The Morgan fingerprint density at radius 3 is 2.38 bits per heavy atom. The molecule has 0 bridgehead atoms. The summed E-state index contributed by atoms with van der Waals surface area (Å²) in [6.07, 6.45) is 4.89. The van der Waals surface area contributed by atoms with Crippen molar-refractivity contribution in [1.29, 1.82) is 0 Å². The van der Waals surface area contributed by atoms with E-state index >= 15 is 0 Å². The largest absolute Gasteiger partial charge is 0.346 e. The first-order valence-corrected chi connectivity index (χ1v) is 10.1. The number of likely N-dealkylation sites (tertiary alicyclic amines) is 1. The summed E-state index contributed by atoms with van der Waals surface area (Å²) in [7, 11) is 0. The third-order valence-corrected chi connectivity index (χ3v) is 5.40. The normalized spacial score (nSPS) is 16.5. The van der Waals surface area contributed by atoms with Gasteiger partial charge in [-0.05, 0) is 60.5 Å². The fourth-order valence-electron chi connectivity index (χ4n) is 3.31. The Bertz CT molecular complexity index is 695. The van der Waals surface area contributed by atoms with Crippen LogP contribution in [0.15, 0.2) is 47.2 Å². The molecule has 1 aromatic heterocycles. The van der Waals surface area contributed by atoms with E-state index in [1.54, 1.807) is 23.5 Å². The number of amides is 2. The lowest BCUT2D eigenvalue weighted by molar-refractivity contribution is -0.136. The fourth-order valence-corrected chi connectivity index (χ4v) is 4.02. The van der Waals surface area contributed by atoms with Crippen molar-refractivity contribution in [2.75, 3.05) is 25.0 Å². The van der Waals surface area contributed by atoms with E-state index in [-0.39, 0.29) is 6.04 Å². The highest BCUT2D eigenvalue weighted by Gasteiger charge is 2.24. The Balaban J connectivity index is 1.60. The second kappa shape index (κ2) is 9.50. The van der Waals surface area contributed by atoms with Crippen LogP contribution >= 0.6 is 11.3 Å². The van der Waals surface area contributed by atoms with Gasteiger partial charge in [0.05, 0.1) is 6.04 Å². The second-order valence-corrected chi connectivity index (χ2v) is 7.33. The molecular weight excluding hydrogens is 346 g/mol. The van der Waals surface area contributed by atoms with Gasteiger partial charge in [0.2, 0.25) is 0 Å². The van der Waals surface area contributed by atoms with Gasteiger partial charge in [-0.2, -0.15) is 11.3 Å². The van der Waals surface area contributed by atoms with E-state index in [1.807, 2.05) is 18.2 Å². The summed E-state index contributed by atoms with van der Waals surface area (Å²) in [5, 5.41) is 9.64. The molecule has 5 nitrogen and oxygen atoms in total. The molecule has 1 saturated heterocycles. The topological polar surface area (TPSA) is 61.4 Å². The predicted molar refractivity (Wildman–Crippen MR) is 105 cm³/mol. The third kappa shape index (κ3) is 5.16. The number of para-hydroxylation sites is 1. The maximum absolute atomic E-state index is 12.2. The molecule has 3 rings (SSSR count). The summed E-state index contributed by atoms with van der Waals surface area (Å²) in [6.45, 7) is 2.51. The molecule has 0 aliphatic carbocycles. The summed E-state index contributed by atoms with van der Waals surface area (Å²) in [6, 6.07) is 11.2. The van der Waals surface area contributed by atoms with Crippen molar-refractivity contribution >= 4 is 28.8 Å². The average molecular weight is 372 g/mol. The van der Waals surface area contributed by atoms with E-state index in [0.717, 1.165) is 13.1 Å². The van der Waals surface area contributed by atoms with Gasteiger partial charge in [0, 0.05) is 12.2 Å². The standard InChI is InChI=1S/C20H25N3O2S/c24-19(20(25)22-17-8-4-3-5-9-17)21-14-18(16-10-13-26-15-16)23-11-6-1-2-7-12-23/h3-5,8-10,13,15,18H,1-2,6-7,11-12,14H2,(H,21,24)(H,22,25). The van der Waals surface area contributed by atoms with E-state index in [9.17, 15) is 9.59 Å². The second-order valence-electron chi connectivity index (χ2n) is 6.55. The minimum absolute atomic E-state index is 0.118. The van der Waals surface area contributed by atoms with E-state index in [2.05, 4.69) is 32.4 Å². The lowest BCUT2D eigenvalue weighted by atomic mass is 10.1. The molecule has 2 amide bonds. The van der Waals surface area contributed by atoms with Gasteiger partial charge < -0.3 is 10.6 Å². The molecule has 1 atom stereocenters. The molecule has 6 heteroatoms. The van der Waals surface area contributed by atoms with Crippen LogP contribution in [0, 0.1) is 0 Å². The van der Waals surface area contributed by atoms with Gasteiger partial charge in [0.15, 0.2) is 0 Å². The van der Waals surface area contributed by atoms with Gasteiger partial charge in [0.1, 0.15) is 0 Å². The SMILES string of the molecule is O=C(NCC(c1ccsc1)N1CCCCCC1)C(=O)Nc1ccccc1. The number of nitrogens with zero attached hydrogens (tertiary/aromatic N) is 1. The first-order valence-electron chi connectivity index (χ1n) is 9.14. The maximum Gasteiger partial charge on any atom is 0.313 e. The van der Waals surface area contributed by atoms with Crippen molar-refractivity contribution in [1.82, 2.24) is 10.2 Å². The van der Waals surface area contributed by atoms with Crippen LogP contribution in [0.3, 0.4) is 0 Å². The highest BCUT2D eigenvalue weighted by molar-refractivity contribution is 7.08. The van der Waals surface area contributed by atoms with Gasteiger partial charge in [0.25, 0.3) is 0 Å². The molecule has 0 radical (unpaired) electrons. The van der Waals surface area contributed by atoms with E-state index < -0.39 is 11.8 Å². The van der Waals surface area contributed by atoms with Crippen LogP contribution in [-0.2, 0) is 9.59 Å². The zero-order valence-corrected chi connectivity index (χ0v) is 15.6. The van der Waals surface area contributed by atoms with E-state index in [1.165, 1.54) is 31.2 Å². The van der Waals surface area contributed by atoms with Crippen LogP contribution in [0.5, 0.6) is 0 Å². The monoisotopic (exact) mass is 371 g/mol. The number of anilines is 1. The molecule has 2 heterocycles.